The van der Waals surface area contributed by atoms with Crippen molar-refractivity contribution in [3.63, 3.8) is 0 Å². The van der Waals surface area contributed by atoms with E-state index in [1.165, 1.54) is 38.3 Å². The van der Waals surface area contributed by atoms with Crippen molar-refractivity contribution in [2.24, 2.45) is 0 Å². The number of nitrogens with zero attached hydrogens (tertiary/aromatic N) is 2. The number of hydrogen-bond donors (Lipinski definition) is 3. The Kier molecular flexibility index (Phi) is 9.05. The highest BCUT2D eigenvalue weighted by molar-refractivity contribution is 5.99. The zero-order valence-electron chi connectivity index (χ0n) is 20.4. The minimum absolute atomic E-state index is 0.0267. The summed E-state index contributed by atoms with van der Waals surface area (Å²) < 4.78 is 10.3. The molecule has 35 heavy (non-hydrogen) atoms. The highest BCUT2D eigenvalue weighted by Crippen LogP contribution is 2.26. The Bertz CT molecular complexity index is 1070. The highest BCUT2D eigenvalue weighted by atomic mass is 16.6. The van der Waals surface area contributed by atoms with Crippen LogP contribution < -0.4 is 15.4 Å². The molecule has 186 valence electrons. The molecule has 0 saturated carbocycles. The van der Waals surface area contributed by atoms with Gasteiger partial charge in [0.15, 0.2) is 0 Å². The molecular formula is C25H30N4O6. The van der Waals surface area contributed by atoms with Crippen LogP contribution in [0.25, 0.3) is 0 Å². The number of phenolic OH excluding ortho intramolecular Hbond substituents is 1. The molecule has 2 unspecified atom stereocenters. The van der Waals surface area contributed by atoms with Gasteiger partial charge in [0.1, 0.15) is 35.7 Å². The number of methoxy groups -OCH3 is 1. The number of ether oxygens (including phenoxy) is 2. The monoisotopic (exact) mass is 482 g/mol. The lowest BCUT2D eigenvalue weighted by molar-refractivity contribution is -0.139. The summed E-state index contributed by atoms with van der Waals surface area (Å²) in [6.07, 6.45) is -0.806. The van der Waals surface area contributed by atoms with Crippen LogP contribution in [-0.2, 0) is 14.3 Å². The van der Waals surface area contributed by atoms with Crippen LogP contribution in [-0.4, -0.2) is 53.2 Å². The number of amides is 3. The van der Waals surface area contributed by atoms with Crippen molar-refractivity contribution in [2.45, 2.75) is 45.4 Å². The average Bonchev–Trinajstić information content (AvgIpc) is 2.78. The first-order chi connectivity index (χ1) is 16.4. The molecule has 0 radical (unpaired) electrons. The smallest absolute Gasteiger partial charge is 0.408 e. The third kappa shape index (κ3) is 7.92. The van der Waals surface area contributed by atoms with Crippen molar-refractivity contribution < 1.29 is 29.0 Å². The fraction of sp³-hybridized carbons (Fsp3) is 0.360. The van der Waals surface area contributed by atoms with Crippen molar-refractivity contribution in [3.8, 4) is 17.6 Å². The third-order valence-electron chi connectivity index (χ3n) is 4.75. The fourth-order valence-corrected chi connectivity index (χ4v) is 3.18. The van der Waals surface area contributed by atoms with Crippen molar-refractivity contribution >= 4 is 23.6 Å². The van der Waals surface area contributed by atoms with Gasteiger partial charge in [0.2, 0.25) is 5.91 Å². The van der Waals surface area contributed by atoms with Crippen LogP contribution in [0.3, 0.4) is 0 Å². The van der Waals surface area contributed by atoms with E-state index in [0.717, 1.165) is 4.90 Å². The van der Waals surface area contributed by atoms with Crippen LogP contribution in [0.4, 0.5) is 10.5 Å². The second kappa shape index (κ2) is 11.7. The molecule has 0 aromatic heterocycles. The van der Waals surface area contributed by atoms with E-state index in [1.807, 2.05) is 6.07 Å². The minimum Gasteiger partial charge on any atom is -0.508 e. The molecule has 0 aliphatic carbocycles. The average molecular weight is 483 g/mol. The largest absolute Gasteiger partial charge is 0.508 e. The maximum Gasteiger partial charge on any atom is 0.408 e. The zero-order valence-corrected chi connectivity index (χ0v) is 20.4. The minimum atomic E-state index is -1.23. The van der Waals surface area contributed by atoms with Gasteiger partial charge in [-0.15, -0.1) is 0 Å². The van der Waals surface area contributed by atoms with E-state index in [4.69, 9.17) is 9.47 Å². The van der Waals surface area contributed by atoms with Gasteiger partial charge in [0, 0.05) is 5.69 Å². The van der Waals surface area contributed by atoms with Gasteiger partial charge < -0.3 is 30.1 Å². The van der Waals surface area contributed by atoms with Crippen LogP contribution in [0.2, 0.25) is 0 Å². The standard InChI is InChI=1S/C25H30N4O6/c1-16(27-24(33)35-25(2,3)4)23(32)29(15-14-26)21(17-6-10-19(30)11-7-17)22(31)28-18-8-12-20(34-5)13-9-18/h6-13,16,21,30H,15H2,1-5H3,(H,27,33)(H,28,31). The van der Waals surface area contributed by atoms with E-state index in [9.17, 15) is 24.8 Å². The topological polar surface area (TPSA) is 141 Å². The molecule has 0 bridgehead atoms. The maximum absolute atomic E-state index is 13.4. The Morgan fingerprint density at radius 2 is 1.69 bits per heavy atom. The van der Waals surface area contributed by atoms with Crippen molar-refractivity contribution in [2.75, 3.05) is 19.0 Å². The summed E-state index contributed by atoms with van der Waals surface area (Å²) in [6, 6.07) is 11.9. The number of aromatic hydroxyl groups is 1. The Balaban J connectivity index is 2.37. The summed E-state index contributed by atoms with van der Waals surface area (Å²) in [5.41, 5.74) is 0.0391. The SMILES string of the molecule is COc1ccc(NC(=O)C(c2ccc(O)cc2)N(CC#N)C(=O)C(C)NC(=O)OC(C)(C)C)cc1. The molecule has 0 aliphatic rings. The highest BCUT2D eigenvalue weighted by Gasteiger charge is 2.34. The normalized spacial score (nSPS) is 12.5. The number of anilines is 1. The lowest BCUT2D eigenvalue weighted by Crippen LogP contribution is -2.51. The summed E-state index contributed by atoms with van der Waals surface area (Å²) in [5, 5.41) is 24.3. The number of carbonyl (C=O) groups is 3. The van der Waals surface area contributed by atoms with Gasteiger partial charge in [-0.25, -0.2) is 4.79 Å². The molecule has 2 atom stereocenters. The van der Waals surface area contributed by atoms with Gasteiger partial charge in [0.05, 0.1) is 13.2 Å². The Morgan fingerprint density at radius 3 is 2.20 bits per heavy atom. The Morgan fingerprint density at radius 1 is 1.09 bits per heavy atom. The van der Waals surface area contributed by atoms with Crippen LogP contribution in [0.5, 0.6) is 11.5 Å². The third-order valence-corrected chi connectivity index (χ3v) is 4.75. The number of nitrogens with one attached hydrogen (secondary N) is 2. The molecule has 2 aromatic rings. The van der Waals surface area contributed by atoms with Crippen LogP contribution in [0.1, 0.15) is 39.3 Å². The van der Waals surface area contributed by atoms with Crippen molar-refractivity contribution in [1.29, 1.82) is 5.26 Å². The van der Waals surface area contributed by atoms with Gasteiger partial charge in [0.25, 0.3) is 5.91 Å². The summed E-state index contributed by atoms with van der Waals surface area (Å²) in [5.74, 6) is -0.683. The first-order valence-corrected chi connectivity index (χ1v) is 10.9. The first-order valence-electron chi connectivity index (χ1n) is 10.9. The predicted octanol–water partition coefficient (Wildman–Crippen LogP) is 3.35. The van der Waals surface area contributed by atoms with Crippen LogP contribution in [0, 0.1) is 11.3 Å². The van der Waals surface area contributed by atoms with Gasteiger partial charge in [-0.1, -0.05) is 12.1 Å². The van der Waals surface area contributed by atoms with E-state index in [0.29, 0.717) is 17.0 Å². The van der Waals surface area contributed by atoms with E-state index >= 15 is 0 Å². The number of phenols is 1. The summed E-state index contributed by atoms with van der Waals surface area (Å²) in [6.45, 7) is 6.06. The molecule has 2 aromatic carbocycles. The summed E-state index contributed by atoms with van der Waals surface area (Å²) >= 11 is 0. The van der Waals surface area contributed by atoms with E-state index in [-0.39, 0.29) is 5.75 Å². The number of alkyl carbamates (subject to hydrolysis) is 1. The molecule has 0 spiro atoms. The number of benzene rings is 2. The van der Waals surface area contributed by atoms with Crippen LogP contribution in [0.15, 0.2) is 48.5 Å². The van der Waals surface area contributed by atoms with Gasteiger partial charge in [-0.2, -0.15) is 5.26 Å². The number of nitriles is 1. The summed E-state index contributed by atoms with van der Waals surface area (Å²) in [7, 11) is 1.52. The zero-order chi connectivity index (χ0) is 26.2. The quantitative estimate of drug-likeness (QED) is 0.490. The van der Waals surface area contributed by atoms with Crippen molar-refractivity contribution in [1.82, 2.24) is 10.2 Å². The number of hydrogen-bond acceptors (Lipinski definition) is 7. The molecule has 10 heteroatoms. The Hall–Kier alpha value is -4.26. The maximum atomic E-state index is 13.4. The van der Waals surface area contributed by atoms with Gasteiger partial charge in [-0.05, 0) is 69.7 Å². The predicted molar refractivity (Wildman–Crippen MR) is 129 cm³/mol. The number of carbonyl (C=O) groups excluding carboxylic acids is 3. The second-order valence-corrected chi connectivity index (χ2v) is 8.70. The Labute approximate surface area is 204 Å². The first kappa shape index (κ1) is 27.0. The number of rotatable bonds is 8. The van der Waals surface area contributed by atoms with Crippen molar-refractivity contribution in [3.05, 3.63) is 54.1 Å². The van der Waals surface area contributed by atoms with Gasteiger partial charge in [-0.3, -0.25) is 9.59 Å². The van der Waals surface area contributed by atoms with E-state index in [2.05, 4.69) is 10.6 Å². The fourth-order valence-electron chi connectivity index (χ4n) is 3.18. The molecule has 2 rings (SSSR count). The molecule has 0 saturated heterocycles. The van der Waals surface area contributed by atoms with E-state index < -0.39 is 42.1 Å². The molecule has 0 fully saturated rings. The molecular weight excluding hydrogens is 452 g/mol. The van der Waals surface area contributed by atoms with E-state index in [1.54, 1.807) is 45.0 Å². The molecule has 0 aliphatic heterocycles. The lowest BCUT2D eigenvalue weighted by atomic mass is 10.0. The second-order valence-electron chi connectivity index (χ2n) is 8.70. The molecule has 0 heterocycles. The molecule has 3 amide bonds. The lowest BCUT2D eigenvalue weighted by Gasteiger charge is -2.32. The molecule has 10 nitrogen and oxygen atoms in total. The van der Waals surface area contributed by atoms with Gasteiger partial charge >= 0.3 is 6.09 Å². The molecule has 3 N–H and O–H groups in total. The summed E-state index contributed by atoms with van der Waals surface area (Å²) in [4.78, 5) is 39.9. The van der Waals surface area contributed by atoms with Crippen LogP contribution >= 0.6 is 0 Å².